The van der Waals surface area contributed by atoms with Gasteiger partial charge in [-0.2, -0.15) is 5.10 Å². The number of hydrogen-bond acceptors (Lipinski definition) is 8. The summed E-state index contributed by atoms with van der Waals surface area (Å²) in [4.78, 5) is 25.5. The largest absolute Gasteiger partial charge is 0.493 e. The summed E-state index contributed by atoms with van der Waals surface area (Å²) in [5, 5.41) is 11.1. The number of rotatable bonds is 12. The van der Waals surface area contributed by atoms with Gasteiger partial charge in [0.05, 0.1) is 31.5 Å². The number of ether oxygens (including phenoxy) is 4. The highest BCUT2D eigenvalue weighted by atomic mass is 79.9. The topological polar surface area (TPSA) is 120 Å². The van der Waals surface area contributed by atoms with Crippen molar-refractivity contribution in [3.05, 3.63) is 98.1 Å². The summed E-state index contributed by atoms with van der Waals surface area (Å²) in [6, 6.07) is 17.3. The quantitative estimate of drug-likeness (QED) is 0.0964. The van der Waals surface area contributed by atoms with Gasteiger partial charge < -0.3 is 29.6 Å². The molecule has 0 saturated carbocycles. The Labute approximate surface area is 273 Å². The minimum atomic E-state index is -0.643. The van der Waals surface area contributed by atoms with Crippen LogP contribution in [0.4, 0.5) is 0 Å². The van der Waals surface area contributed by atoms with Crippen molar-refractivity contribution in [2.45, 2.75) is 26.5 Å². The fourth-order valence-electron chi connectivity index (χ4n) is 4.36. The molecule has 13 heteroatoms. The Hall–Kier alpha value is -4.13. The number of carbonyl (C=O) groups is 2. The highest BCUT2D eigenvalue weighted by Crippen LogP contribution is 2.36. The van der Waals surface area contributed by atoms with E-state index >= 15 is 0 Å². The van der Waals surface area contributed by atoms with Crippen molar-refractivity contribution in [2.75, 3.05) is 20.3 Å². The third-order valence-electron chi connectivity index (χ3n) is 6.34. The van der Waals surface area contributed by atoms with Gasteiger partial charge in [0.15, 0.2) is 23.2 Å². The van der Waals surface area contributed by atoms with E-state index in [1.54, 1.807) is 56.3 Å². The maximum Gasteiger partial charge on any atom is 0.338 e. The van der Waals surface area contributed by atoms with Gasteiger partial charge in [-0.1, -0.05) is 63.9 Å². The molecule has 0 unspecified atom stereocenters. The molecule has 0 aromatic heterocycles. The third kappa shape index (κ3) is 8.28. The molecule has 3 aromatic carbocycles. The van der Waals surface area contributed by atoms with Crippen LogP contribution in [0.2, 0.25) is 5.02 Å². The zero-order valence-electron chi connectivity index (χ0n) is 24.1. The van der Waals surface area contributed by atoms with Crippen LogP contribution in [0, 0.1) is 0 Å². The number of nitrogens with zero attached hydrogens (tertiary/aromatic N) is 1. The summed E-state index contributed by atoms with van der Waals surface area (Å²) in [6.45, 7) is 3.54. The van der Waals surface area contributed by atoms with E-state index in [2.05, 4.69) is 37.1 Å². The lowest BCUT2D eigenvalue weighted by molar-refractivity contribution is -0.139. The molecule has 44 heavy (non-hydrogen) atoms. The number of allylic oxidation sites excluding steroid dienone is 1. The Balaban J connectivity index is 1.46. The van der Waals surface area contributed by atoms with Crippen LogP contribution in [0.1, 0.15) is 36.6 Å². The van der Waals surface area contributed by atoms with Crippen molar-refractivity contribution in [3.8, 4) is 17.2 Å². The molecule has 1 heterocycles. The summed E-state index contributed by atoms with van der Waals surface area (Å²) in [7, 11) is 1.53. The Morgan fingerprint density at radius 2 is 1.86 bits per heavy atom. The number of methoxy groups -OCH3 is 1. The summed E-state index contributed by atoms with van der Waals surface area (Å²) < 4.78 is 23.4. The van der Waals surface area contributed by atoms with Crippen molar-refractivity contribution in [1.82, 2.24) is 16.1 Å². The predicted molar refractivity (Wildman–Crippen MR) is 175 cm³/mol. The molecule has 0 spiro atoms. The lowest BCUT2D eigenvalue weighted by Crippen LogP contribution is -2.45. The first-order valence-corrected chi connectivity index (χ1v) is 15.0. The van der Waals surface area contributed by atoms with Crippen LogP contribution in [-0.4, -0.2) is 43.5 Å². The Kier molecular flexibility index (Phi) is 11.6. The molecule has 1 atom stereocenters. The van der Waals surface area contributed by atoms with E-state index in [0.717, 1.165) is 10.0 Å². The second kappa shape index (κ2) is 15.6. The predicted octanol–water partition coefficient (Wildman–Crippen LogP) is 5.58. The molecule has 10 nitrogen and oxygen atoms in total. The van der Waals surface area contributed by atoms with E-state index < -0.39 is 17.9 Å². The molecule has 3 aromatic rings. The number of para-hydroxylation sites is 1. The SMILES string of the molecule is CCOC(=O)C1=C(C)NC(=S)N[C@@H]1c1ccccc1OCC(=O)NN=Cc1cc(Br)cc(OC)c1OCc1ccccc1Cl. The smallest absolute Gasteiger partial charge is 0.338 e. The highest BCUT2D eigenvalue weighted by molar-refractivity contribution is 9.10. The molecular weight excluding hydrogens is 672 g/mol. The standard InChI is InChI=1S/C31H30BrClN4O6S/c1-4-41-30(39)27-18(2)35-31(44)36-28(27)22-10-6-8-12-24(22)42-17-26(38)37-34-15-20-13-21(32)14-25(40-3)29(20)43-16-19-9-5-7-11-23(19)33/h5-15,28H,4,16-17H2,1-3H3,(H,37,38)(H2,35,36,44)/t28-/m1/s1. The highest BCUT2D eigenvalue weighted by Gasteiger charge is 2.32. The van der Waals surface area contributed by atoms with Crippen LogP contribution < -0.4 is 30.3 Å². The van der Waals surface area contributed by atoms with Gasteiger partial charge in [0, 0.05) is 31.9 Å². The molecule has 4 rings (SSSR count). The molecular formula is C31H30BrClN4O6S. The van der Waals surface area contributed by atoms with Crippen LogP contribution in [0.25, 0.3) is 0 Å². The maximum absolute atomic E-state index is 12.8. The molecule has 1 aliphatic heterocycles. The molecule has 1 aliphatic rings. The third-order valence-corrected chi connectivity index (χ3v) is 7.39. The first-order chi connectivity index (χ1) is 21.2. The van der Waals surface area contributed by atoms with E-state index in [9.17, 15) is 9.59 Å². The average Bonchev–Trinajstić information content (AvgIpc) is 2.99. The fraction of sp³-hybridized carbons (Fsp3) is 0.226. The molecule has 1 amide bonds. The number of amides is 1. The molecule has 0 radical (unpaired) electrons. The van der Waals surface area contributed by atoms with Gasteiger partial charge in [-0.15, -0.1) is 0 Å². The van der Waals surface area contributed by atoms with Gasteiger partial charge >= 0.3 is 5.97 Å². The van der Waals surface area contributed by atoms with E-state index in [1.807, 2.05) is 18.2 Å². The number of carbonyl (C=O) groups excluding carboxylic acids is 2. The van der Waals surface area contributed by atoms with E-state index in [1.165, 1.54) is 13.3 Å². The minimum absolute atomic E-state index is 0.196. The van der Waals surface area contributed by atoms with E-state index in [-0.39, 0.29) is 19.8 Å². The van der Waals surface area contributed by atoms with Crippen LogP contribution in [-0.2, 0) is 20.9 Å². The van der Waals surface area contributed by atoms with Gasteiger partial charge in [-0.05, 0) is 50.3 Å². The second-order valence-corrected chi connectivity index (χ2v) is 11.0. The number of hydrogen-bond donors (Lipinski definition) is 3. The summed E-state index contributed by atoms with van der Waals surface area (Å²) in [5.41, 5.74) is 5.36. The summed E-state index contributed by atoms with van der Waals surface area (Å²) in [6.07, 6.45) is 1.44. The second-order valence-electron chi connectivity index (χ2n) is 9.32. The van der Waals surface area contributed by atoms with Gasteiger partial charge in [0.25, 0.3) is 5.91 Å². The normalized spacial score (nSPS) is 14.5. The van der Waals surface area contributed by atoms with Gasteiger partial charge in [0.1, 0.15) is 12.4 Å². The monoisotopic (exact) mass is 700 g/mol. The molecule has 0 aliphatic carbocycles. The number of halogens is 2. The lowest BCUT2D eigenvalue weighted by atomic mass is 9.95. The Morgan fingerprint density at radius 3 is 2.61 bits per heavy atom. The molecule has 0 fully saturated rings. The van der Waals surface area contributed by atoms with Crippen molar-refractivity contribution in [3.63, 3.8) is 0 Å². The maximum atomic E-state index is 12.8. The lowest BCUT2D eigenvalue weighted by Gasteiger charge is -2.30. The van der Waals surface area contributed by atoms with Crippen molar-refractivity contribution < 1.29 is 28.5 Å². The first-order valence-electron chi connectivity index (χ1n) is 13.4. The van der Waals surface area contributed by atoms with E-state index in [0.29, 0.717) is 49.8 Å². The van der Waals surface area contributed by atoms with Gasteiger partial charge in [0.2, 0.25) is 0 Å². The van der Waals surface area contributed by atoms with Crippen molar-refractivity contribution >= 4 is 63.0 Å². The molecule has 3 N–H and O–H groups in total. The average molecular weight is 702 g/mol. The number of esters is 1. The van der Waals surface area contributed by atoms with Crippen molar-refractivity contribution in [2.24, 2.45) is 5.10 Å². The summed E-state index contributed by atoms with van der Waals surface area (Å²) in [5.74, 6) is 0.278. The van der Waals surface area contributed by atoms with Crippen LogP contribution in [0.3, 0.4) is 0 Å². The van der Waals surface area contributed by atoms with Crippen molar-refractivity contribution in [1.29, 1.82) is 0 Å². The fourth-order valence-corrected chi connectivity index (χ4v) is 5.28. The first kappa shape index (κ1) is 32.8. The zero-order chi connectivity index (χ0) is 31.6. The van der Waals surface area contributed by atoms with E-state index in [4.69, 9.17) is 42.8 Å². The minimum Gasteiger partial charge on any atom is -0.493 e. The number of nitrogens with one attached hydrogen (secondary N) is 3. The van der Waals surface area contributed by atoms with Gasteiger partial charge in [-0.3, -0.25) is 4.79 Å². The molecule has 0 saturated heterocycles. The van der Waals surface area contributed by atoms with Crippen LogP contribution in [0.5, 0.6) is 17.2 Å². The molecule has 230 valence electrons. The number of thiocarbonyl (C=S) groups is 1. The number of hydrazone groups is 1. The van der Waals surface area contributed by atoms with Gasteiger partial charge in [-0.25, -0.2) is 10.2 Å². The van der Waals surface area contributed by atoms with Crippen LogP contribution in [0.15, 0.2) is 81.5 Å². The van der Waals surface area contributed by atoms with Crippen LogP contribution >= 0.6 is 39.7 Å². The summed E-state index contributed by atoms with van der Waals surface area (Å²) >= 11 is 15.1. The Bertz CT molecular complexity index is 1620. The number of benzene rings is 3. The zero-order valence-corrected chi connectivity index (χ0v) is 27.3. The molecule has 0 bridgehead atoms. The Morgan fingerprint density at radius 1 is 1.11 bits per heavy atom.